The highest BCUT2D eigenvalue weighted by atomic mass is 19.1. The first-order valence-electron chi connectivity index (χ1n) is 5.70. The van der Waals surface area contributed by atoms with Gasteiger partial charge in [0.15, 0.2) is 6.04 Å². The minimum Gasteiger partial charge on any atom is -0.352 e. The molecule has 82 valence electrons. The lowest BCUT2D eigenvalue weighted by Crippen LogP contribution is -3.11. The van der Waals surface area contributed by atoms with Gasteiger partial charge in [-0.15, -0.1) is 0 Å². The third-order valence-electron chi connectivity index (χ3n) is 3.30. The van der Waals surface area contributed by atoms with Crippen molar-refractivity contribution in [3.8, 4) is 0 Å². The Morgan fingerprint density at radius 3 is 2.33 bits per heavy atom. The molecule has 2 nitrogen and oxygen atoms in total. The zero-order chi connectivity index (χ0) is 10.7. The lowest BCUT2D eigenvalue weighted by Gasteiger charge is -2.21. The Hall–Kier alpha value is -0.930. The molecule has 4 N–H and O–H groups in total. The van der Waals surface area contributed by atoms with Crippen molar-refractivity contribution in [2.75, 3.05) is 19.6 Å². The van der Waals surface area contributed by atoms with E-state index >= 15 is 0 Å². The minimum absolute atomic E-state index is 0.155. The maximum absolute atomic E-state index is 12.8. The number of rotatable bonds is 3. The predicted molar refractivity (Wildman–Crippen MR) is 56.8 cm³/mol. The number of halogens is 1. The average Bonchev–Trinajstić information content (AvgIpc) is 2.75. The summed E-state index contributed by atoms with van der Waals surface area (Å²) in [5.74, 6) is -0.155. The van der Waals surface area contributed by atoms with E-state index in [0.29, 0.717) is 6.04 Å². The van der Waals surface area contributed by atoms with Crippen LogP contribution in [0.5, 0.6) is 0 Å². The standard InChI is InChI=1S/C12H17FN2/c13-11-5-3-10(4-6-11)12(9-14)15-7-1-2-8-15/h3-6,12H,1-2,7-9,14H2/p+2/t12-/m0/s1. The number of quaternary nitrogens is 2. The van der Waals surface area contributed by atoms with Crippen LogP contribution in [0.3, 0.4) is 0 Å². The third kappa shape index (κ3) is 2.36. The van der Waals surface area contributed by atoms with Crippen molar-refractivity contribution >= 4 is 0 Å². The zero-order valence-electron chi connectivity index (χ0n) is 9.01. The van der Waals surface area contributed by atoms with Gasteiger partial charge in [-0.05, 0) is 24.3 Å². The second-order valence-corrected chi connectivity index (χ2v) is 4.26. The molecule has 1 aromatic rings. The maximum atomic E-state index is 12.8. The maximum Gasteiger partial charge on any atom is 0.162 e. The number of nitrogens with one attached hydrogen (secondary N) is 1. The van der Waals surface area contributed by atoms with Crippen LogP contribution in [0.4, 0.5) is 4.39 Å². The van der Waals surface area contributed by atoms with Crippen LogP contribution >= 0.6 is 0 Å². The van der Waals surface area contributed by atoms with Gasteiger partial charge in [0.1, 0.15) is 12.4 Å². The van der Waals surface area contributed by atoms with Crippen LogP contribution in [0, 0.1) is 5.82 Å². The number of likely N-dealkylation sites (tertiary alicyclic amines) is 1. The summed E-state index contributed by atoms with van der Waals surface area (Å²) in [5.41, 5.74) is 5.24. The first-order valence-corrected chi connectivity index (χ1v) is 5.70. The molecule has 1 heterocycles. The molecule has 0 aromatic heterocycles. The quantitative estimate of drug-likeness (QED) is 0.692. The number of hydrogen-bond acceptors (Lipinski definition) is 0. The molecule has 3 heteroatoms. The normalized spacial score (nSPS) is 19.3. The Bertz CT molecular complexity index is 304. The van der Waals surface area contributed by atoms with Crippen molar-refractivity contribution in [1.29, 1.82) is 0 Å². The van der Waals surface area contributed by atoms with Crippen LogP contribution in [0.1, 0.15) is 24.4 Å². The molecule has 1 aromatic carbocycles. The van der Waals surface area contributed by atoms with Crippen molar-refractivity contribution in [2.45, 2.75) is 18.9 Å². The highest BCUT2D eigenvalue weighted by Crippen LogP contribution is 2.10. The summed E-state index contributed by atoms with van der Waals surface area (Å²) in [4.78, 5) is 1.61. The van der Waals surface area contributed by atoms with Crippen LogP contribution in [0.15, 0.2) is 24.3 Å². The van der Waals surface area contributed by atoms with Gasteiger partial charge in [0.25, 0.3) is 0 Å². The van der Waals surface area contributed by atoms with Gasteiger partial charge in [0.2, 0.25) is 0 Å². The van der Waals surface area contributed by atoms with Gasteiger partial charge < -0.3 is 10.6 Å². The third-order valence-corrected chi connectivity index (χ3v) is 3.30. The van der Waals surface area contributed by atoms with Gasteiger partial charge in [-0.25, -0.2) is 4.39 Å². The molecule has 0 unspecified atom stereocenters. The monoisotopic (exact) mass is 210 g/mol. The van der Waals surface area contributed by atoms with Crippen molar-refractivity contribution in [1.82, 2.24) is 0 Å². The molecule has 2 rings (SSSR count). The Morgan fingerprint density at radius 1 is 1.20 bits per heavy atom. The van der Waals surface area contributed by atoms with Crippen molar-refractivity contribution in [3.05, 3.63) is 35.6 Å². The average molecular weight is 210 g/mol. The Labute approximate surface area is 89.9 Å². The van der Waals surface area contributed by atoms with Crippen LogP contribution in [0.25, 0.3) is 0 Å². The van der Waals surface area contributed by atoms with Crippen LogP contribution in [-0.2, 0) is 0 Å². The molecule has 1 atom stereocenters. The zero-order valence-corrected chi connectivity index (χ0v) is 9.01. The van der Waals surface area contributed by atoms with Crippen molar-refractivity contribution in [2.24, 2.45) is 0 Å². The van der Waals surface area contributed by atoms with Gasteiger partial charge in [0.05, 0.1) is 13.1 Å². The molecular formula is C12H19FN2+2. The molecular weight excluding hydrogens is 191 g/mol. The molecule has 1 aliphatic rings. The van der Waals surface area contributed by atoms with Gasteiger partial charge in [-0.1, -0.05) is 0 Å². The fourth-order valence-corrected chi connectivity index (χ4v) is 2.48. The van der Waals surface area contributed by atoms with Gasteiger partial charge >= 0.3 is 0 Å². The van der Waals surface area contributed by atoms with Gasteiger partial charge in [-0.2, -0.15) is 0 Å². The molecule has 0 amide bonds. The number of benzene rings is 1. The Morgan fingerprint density at radius 2 is 1.80 bits per heavy atom. The van der Waals surface area contributed by atoms with E-state index in [1.165, 1.54) is 31.5 Å². The van der Waals surface area contributed by atoms with Crippen molar-refractivity contribution in [3.63, 3.8) is 0 Å². The largest absolute Gasteiger partial charge is 0.352 e. The van der Waals surface area contributed by atoms with E-state index in [-0.39, 0.29) is 5.82 Å². The van der Waals surface area contributed by atoms with E-state index in [2.05, 4.69) is 5.73 Å². The molecule has 1 saturated heterocycles. The molecule has 15 heavy (non-hydrogen) atoms. The summed E-state index contributed by atoms with van der Waals surface area (Å²) in [7, 11) is 0. The predicted octanol–water partition coefficient (Wildman–Crippen LogP) is -0.213. The van der Waals surface area contributed by atoms with E-state index < -0.39 is 0 Å². The highest BCUT2D eigenvalue weighted by molar-refractivity contribution is 5.18. The summed E-state index contributed by atoms with van der Waals surface area (Å²) in [6.07, 6.45) is 2.63. The fourth-order valence-electron chi connectivity index (χ4n) is 2.48. The van der Waals surface area contributed by atoms with E-state index in [0.717, 1.165) is 6.54 Å². The smallest absolute Gasteiger partial charge is 0.162 e. The molecule has 0 aliphatic carbocycles. The second-order valence-electron chi connectivity index (χ2n) is 4.26. The van der Waals surface area contributed by atoms with Crippen molar-refractivity contribution < 1.29 is 15.0 Å². The SMILES string of the molecule is [NH3+]C[C@@H](c1ccc(F)cc1)[NH+]1CCCC1. The molecule has 1 aliphatic heterocycles. The molecule has 0 radical (unpaired) electrons. The topological polar surface area (TPSA) is 32.1 Å². The first-order chi connectivity index (χ1) is 7.31. The van der Waals surface area contributed by atoms with Crippen LogP contribution < -0.4 is 10.6 Å². The van der Waals surface area contributed by atoms with E-state index in [1.807, 2.05) is 12.1 Å². The Kier molecular flexibility index (Phi) is 3.34. The number of hydrogen-bond donors (Lipinski definition) is 2. The molecule has 0 bridgehead atoms. The fraction of sp³-hybridized carbons (Fsp3) is 0.500. The second kappa shape index (κ2) is 4.73. The summed E-state index contributed by atoms with van der Waals surface area (Å²) >= 11 is 0. The summed E-state index contributed by atoms with van der Waals surface area (Å²) in [6.45, 7) is 3.36. The summed E-state index contributed by atoms with van der Waals surface area (Å²) in [5, 5.41) is 0. The van der Waals surface area contributed by atoms with E-state index in [4.69, 9.17) is 0 Å². The minimum atomic E-state index is -0.155. The highest BCUT2D eigenvalue weighted by Gasteiger charge is 2.27. The van der Waals surface area contributed by atoms with E-state index in [9.17, 15) is 4.39 Å². The first kappa shape index (κ1) is 10.6. The lowest BCUT2D eigenvalue weighted by atomic mass is 10.1. The summed E-state index contributed by atoms with van der Waals surface area (Å²) < 4.78 is 12.8. The van der Waals surface area contributed by atoms with E-state index in [1.54, 1.807) is 17.0 Å². The molecule has 1 fully saturated rings. The molecule has 0 saturated carbocycles. The lowest BCUT2D eigenvalue weighted by molar-refractivity contribution is -0.926. The van der Waals surface area contributed by atoms with Crippen LogP contribution in [0.2, 0.25) is 0 Å². The molecule has 0 spiro atoms. The Balaban J connectivity index is 2.14. The summed E-state index contributed by atoms with van der Waals surface area (Å²) in [6, 6.07) is 7.35. The van der Waals surface area contributed by atoms with Gasteiger partial charge in [0, 0.05) is 18.4 Å². The van der Waals surface area contributed by atoms with Crippen LogP contribution in [-0.4, -0.2) is 19.6 Å². The van der Waals surface area contributed by atoms with Gasteiger partial charge in [-0.3, -0.25) is 0 Å².